The minimum Gasteiger partial charge on any atom is -0.390 e. The molecule has 2 heterocycles. The van der Waals surface area contributed by atoms with E-state index in [0.29, 0.717) is 12.0 Å². The van der Waals surface area contributed by atoms with Gasteiger partial charge in [-0.1, -0.05) is 0 Å². The van der Waals surface area contributed by atoms with E-state index in [9.17, 15) is 5.11 Å². The number of hydrogen-bond acceptors (Lipinski definition) is 3. The zero-order chi connectivity index (χ0) is 8.13. The molecule has 12 heavy (non-hydrogen) atoms. The summed E-state index contributed by atoms with van der Waals surface area (Å²) in [5.74, 6) is 0.479. The molecule has 2 saturated heterocycles. The summed E-state index contributed by atoms with van der Waals surface area (Å²) in [4.78, 5) is 0. The van der Waals surface area contributed by atoms with Crippen molar-refractivity contribution in [2.75, 3.05) is 6.61 Å². The van der Waals surface area contributed by atoms with Crippen LogP contribution in [0.2, 0.25) is 0 Å². The van der Waals surface area contributed by atoms with Crippen LogP contribution in [0.15, 0.2) is 0 Å². The summed E-state index contributed by atoms with van der Waals surface area (Å²) < 4.78 is 11.3. The van der Waals surface area contributed by atoms with E-state index >= 15 is 0 Å². The molecule has 5 atom stereocenters. The van der Waals surface area contributed by atoms with E-state index in [0.717, 1.165) is 25.9 Å². The number of aliphatic hydroxyl groups excluding tert-OH is 1. The summed E-state index contributed by atoms with van der Waals surface area (Å²) in [5.41, 5.74) is 0. The van der Waals surface area contributed by atoms with Gasteiger partial charge in [0.2, 0.25) is 0 Å². The van der Waals surface area contributed by atoms with Crippen LogP contribution in [0.3, 0.4) is 0 Å². The Morgan fingerprint density at radius 2 is 2.00 bits per heavy atom. The van der Waals surface area contributed by atoms with Crippen molar-refractivity contribution in [1.82, 2.24) is 0 Å². The van der Waals surface area contributed by atoms with Gasteiger partial charge in [0, 0.05) is 12.5 Å². The highest BCUT2D eigenvalue weighted by Gasteiger charge is 2.52. The Bertz CT molecular complexity index is 192. The largest absolute Gasteiger partial charge is 0.390 e. The van der Waals surface area contributed by atoms with E-state index in [2.05, 4.69) is 0 Å². The summed E-state index contributed by atoms with van der Waals surface area (Å²) in [6.45, 7) is 0.842. The number of aliphatic hydroxyl groups is 1. The predicted octanol–water partition coefficient (Wildman–Crippen LogP) is 0.314. The van der Waals surface area contributed by atoms with Gasteiger partial charge in [0.05, 0.1) is 24.4 Å². The molecule has 3 heteroatoms. The molecule has 1 saturated carbocycles. The van der Waals surface area contributed by atoms with Gasteiger partial charge in [0.1, 0.15) is 0 Å². The molecule has 3 nitrogen and oxygen atoms in total. The van der Waals surface area contributed by atoms with Crippen LogP contribution >= 0.6 is 0 Å². The monoisotopic (exact) mass is 170 g/mol. The molecular formula is C9H14O3. The molecule has 0 unspecified atom stereocenters. The molecule has 0 aromatic heterocycles. The van der Waals surface area contributed by atoms with Crippen molar-refractivity contribution in [1.29, 1.82) is 0 Å². The molecule has 0 aromatic carbocycles. The molecule has 3 fully saturated rings. The Balaban J connectivity index is 1.83. The Hall–Kier alpha value is -0.120. The first-order valence-electron chi connectivity index (χ1n) is 4.81. The van der Waals surface area contributed by atoms with Crippen LogP contribution in [0.25, 0.3) is 0 Å². The van der Waals surface area contributed by atoms with E-state index in [1.54, 1.807) is 0 Å². The fourth-order valence-corrected chi connectivity index (χ4v) is 2.86. The molecule has 68 valence electrons. The molecule has 3 rings (SSSR count). The second-order valence-electron chi connectivity index (χ2n) is 4.07. The van der Waals surface area contributed by atoms with E-state index in [-0.39, 0.29) is 18.3 Å². The highest BCUT2D eigenvalue weighted by Crippen LogP contribution is 2.44. The zero-order valence-corrected chi connectivity index (χ0v) is 6.98. The summed E-state index contributed by atoms with van der Waals surface area (Å²) in [6, 6.07) is 0. The predicted molar refractivity (Wildman–Crippen MR) is 41.7 cm³/mol. The summed E-state index contributed by atoms with van der Waals surface area (Å²) >= 11 is 0. The van der Waals surface area contributed by atoms with Crippen LogP contribution in [-0.4, -0.2) is 36.1 Å². The maximum atomic E-state index is 9.57. The van der Waals surface area contributed by atoms with Crippen molar-refractivity contribution >= 4 is 0 Å². The van der Waals surface area contributed by atoms with Crippen molar-refractivity contribution in [3.05, 3.63) is 0 Å². The van der Waals surface area contributed by atoms with Gasteiger partial charge in [0.15, 0.2) is 0 Å². The molecule has 2 aliphatic heterocycles. The zero-order valence-electron chi connectivity index (χ0n) is 6.98. The SMILES string of the molecule is O[C@@H]1CC[C@H]2[C@H]1O[C@H]1CCO[C@@H]21. The van der Waals surface area contributed by atoms with Crippen LogP contribution in [0, 0.1) is 5.92 Å². The number of hydrogen-bond donors (Lipinski definition) is 1. The third-order valence-corrected chi connectivity index (χ3v) is 3.43. The van der Waals surface area contributed by atoms with Crippen LogP contribution < -0.4 is 0 Å². The smallest absolute Gasteiger partial charge is 0.0892 e. The lowest BCUT2D eigenvalue weighted by Crippen LogP contribution is -2.26. The van der Waals surface area contributed by atoms with Crippen LogP contribution in [0.1, 0.15) is 19.3 Å². The normalized spacial score (nSPS) is 57.2. The molecule has 0 amide bonds. The van der Waals surface area contributed by atoms with Gasteiger partial charge in [-0.25, -0.2) is 0 Å². The Morgan fingerprint density at radius 3 is 2.92 bits per heavy atom. The second kappa shape index (κ2) is 2.44. The number of ether oxygens (including phenoxy) is 2. The maximum Gasteiger partial charge on any atom is 0.0892 e. The average Bonchev–Trinajstić information content (AvgIpc) is 2.63. The van der Waals surface area contributed by atoms with Gasteiger partial charge in [-0.05, 0) is 19.3 Å². The third kappa shape index (κ3) is 0.817. The molecule has 1 aliphatic carbocycles. The third-order valence-electron chi connectivity index (χ3n) is 3.43. The topological polar surface area (TPSA) is 38.7 Å². The van der Waals surface area contributed by atoms with Gasteiger partial charge < -0.3 is 14.6 Å². The average molecular weight is 170 g/mol. The Kier molecular flexibility index (Phi) is 1.48. The van der Waals surface area contributed by atoms with E-state index in [1.165, 1.54) is 0 Å². The fourth-order valence-electron chi connectivity index (χ4n) is 2.86. The lowest BCUT2D eigenvalue weighted by atomic mass is 9.98. The lowest BCUT2D eigenvalue weighted by Gasteiger charge is -2.14. The molecule has 0 spiro atoms. The van der Waals surface area contributed by atoms with Gasteiger partial charge in [-0.15, -0.1) is 0 Å². The van der Waals surface area contributed by atoms with Crippen LogP contribution in [0.5, 0.6) is 0 Å². The number of fused-ring (bicyclic) bond motifs is 3. The molecule has 1 N–H and O–H groups in total. The van der Waals surface area contributed by atoms with E-state index < -0.39 is 0 Å². The summed E-state index contributed by atoms with van der Waals surface area (Å²) in [6.07, 6.45) is 3.42. The summed E-state index contributed by atoms with van der Waals surface area (Å²) in [5, 5.41) is 9.57. The van der Waals surface area contributed by atoms with Gasteiger partial charge in [-0.2, -0.15) is 0 Å². The first kappa shape index (κ1) is 7.30. The molecule has 0 radical (unpaired) electrons. The highest BCUT2D eigenvalue weighted by molar-refractivity contribution is 5.01. The summed E-state index contributed by atoms with van der Waals surface area (Å²) in [7, 11) is 0. The fraction of sp³-hybridized carbons (Fsp3) is 1.00. The van der Waals surface area contributed by atoms with Crippen molar-refractivity contribution < 1.29 is 14.6 Å². The van der Waals surface area contributed by atoms with Gasteiger partial charge in [0.25, 0.3) is 0 Å². The standard InChI is InChI=1S/C9H14O3/c10-6-2-1-5-8(6)12-7-3-4-11-9(5)7/h5-10H,1-4H2/t5-,6+,7-,8+,9-/m0/s1. The van der Waals surface area contributed by atoms with Crippen molar-refractivity contribution in [2.45, 2.75) is 43.7 Å². The van der Waals surface area contributed by atoms with Crippen LogP contribution in [-0.2, 0) is 9.47 Å². The Morgan fingerprint density at radius 1 is 1.08 bits per heavy atom. The second-order valence-corrected chi connectivity index (χ2v) is 4.07. The minimum atomic E-state index is -0.232. The first-order valence-corrected chi connectivity index (χ1v) is 4.81. The van der Waals surface area contributed by atoms with Crippen molar-refractivity contribution in [2.24, 2.45) is 5.92 Å². The van der Waals surface area contributed by atoms with Gasteiger partial charge in [-0.3, -0.25) is 0 Å². The molecule has 3 aliphatic rings. The molecular weight excluding hydrogens is 156 g/mol. The Labute approximate surface area is 71.7 Å². The lowest BCUT2D eigenvalue weighted by molar-refractivity contribution is -0.0270. The van der Waals surface area contributed by atoms with Crippen molar-refractivity contribution in [3.8, 4) is 0 Å². The van der Waals surface area contributed by atoms with Crippen molar-refractivity contribution in [3.63, 3.8) is 0 Å². The van der Waals surface area contributed by atoms with E-state index in [4.69, 9.17) is 9.47 Å². The highest BCUT2D eigenvalue weighted by atomic mass is 16.6. The maximum absolute atomic E-state index is 9.57. The van der Waals surface area contributed by atoms with Crippen LogP contribution in [0.4, 0.5) is 0 Å². The molecule has 0 aromatic rings. The first-order chi connectivity index (χ1) is 5.86. The minimum absolute atomic E-state index is 0.0836. The van der Waals surface area contributed by atoms with E-state index in [1.807, 2.05) is 0 Å². The number of rotatable bonds is 0. The molecule has 0 bridgehead atoms. The van der Waals surface area contributed by atoms with Gasteiger partial charge >= 0.3 is 0 Å². The quantitative estimate of drug-likeness (QED) is 0.568.